The molecule has 13 heteroatoms. The molecule has 13 nitrogen and oxygen atoms in total. The van der Waals surface area contributed by atoms with Gasteiger partial charge in [0.25, 0.3) is 0 Å². The van der Waals surface area contributed by atoms with Crippen molar-refractivity contribution in [2.75, 3.05) is 30.9 Å². The van der Waals surface area contributed by atoms with Gasteiger partial charge in [0.2, 0.25) is 11.8 Å². The highest BCUT2D eigenvalue weighted by molar-refractivity contribution is 6.39. The van der Waals surface area contributed by atoms with Crippen LogP contribution in [-0.4, -0.2) is 83.1 Å². The van der Waals surface area contributed by atoms with Crippen molar-refractivity contribution in [2.24, 2.45) is 5.92 Å². The Morgan fingerprint density at radius 3 is 2.20 bits per heavy atom. The van der Waals surface area contributed by atoms with Gasteiger partial charge in [0.1, 0.15) is 11.6 Å². The molecule has 0 radical (unpaired) electrons. The van der Waals surface area contributed by atoms with Gasteiger partial charge < -0.3 is 25.6 Å². The first-order valence-electron chi connectivity index (χ1n) is 14.7. The molecule has 0 spiro atoms. The van der Waals surface area contributed by atoms with Crippen LogP contribution in [0.2, 0.25) is 0 Å². The zero-order chi connectivity index (χ0) is 33.6. The molecule has 0 saturated heterocycles. The van der Waals surface area contributed by atoms with E-state index in [0.717, 1.165) is 15.7 Å². The van der Waals surface area contributed by atoms with Crippen LogP contribution in [0.4, 0.5) is 16.2 Å². The van der Waals surface area contributed by atoms with Crippen molar-refractivity contribution in [3.63, 3.8) is 0 Å². The van der Waals surface area contributed by atoms with Crippen LogP contribution in [0.15, 0.2) is 66.7 Å². The largest absolute Gasteiger partial charge is 0.478 e. The van der Waals surface area contributed by atoms with E-state index in [1.54, 1.807) is 13.0 Å². The lowest BCUT2D eigenvalue weighted by atomic mass is 9.74. The first kappa shape index (κ1) is 33.4. The van der Waals surface area contributed by atoms with Crippen molar-refractivity contribution >= 4 is 57.9 Å². The number of aliphatic carboxylic acids is 1. The molecule has 242 valence electrons. The number of carbonyl (C=O) groups is 6. The number of nitrogens with one attached hydrogen (secondary N) is 2. The van der Waals surface area contributed by atoms with Gasteiger partial charge in [0.15, 0.2) is 0 Å². The fraction of sp³-hybridized carbons (Fsp3) is 0.333. The van der Waals surface area contributed by atoms with Crippen molar-refractivity contribution in [2.45, 2.75) is 44.2 Å². The number of para-hydroxylation sites is 1. The molecule has 0 aliphatic heterocycles. The Hall–Kier alpha value is -5.46. The van der Waals surface area contributed by atoms with Crippen molar-refractivity contribution < 1.29 is 43.7 Å². The van der Waals surface area contributed by atoms with E-state index in [0.29, 0.717) is 5.69 Å². The lowest BCUT2D eigenvalue weighted by Gasteiger charge is -2.46. The van der Waals surface area contributed by atoms with E-state index in [-0.39, 0.29) is 49.4 Å². The lowest BCUT2D eigenvalue weighted by molar-refractivity contribution is -0.150. The van der Waals surface area contributed by atoms with Gasteiger partial charge in [-0.25, -0.2) is 14.4 Å². The number of amides is 4. The predicted molar refractivity (Wildman–Crippen MR) is 168 cm³/mol. The number of anilines is 2. The lowest BCUT2D eigenvalue weighted by Crippen LogP contribution is -2.64. The SMILES string of the molecule is CNC(=O)C1(N(C(=O)C(=O)O)c2ccccc2C(=O)O)CCC(CN(C(=O)OC)[C@@H](C)C(=O)Nc2cccc3ccccc23)CC1. The Kier molecular flexibility index (Phi) is 10.2. The molecular formula is C33H36N4O9. The summed E-state index contributed by atoms with van der Waals surface area (Å²) < 4.78 is 5.00. The van der Waals surface area contributed by atoms with Gasteiger partial charge in [-0.15, -0.1) is 0 Å². The molecule has 4 rings (SSSR count). The minimum atomic E-state index is -1.85. The summed E-state index contributed by atoms with van der Waals surface area (Å²) in [5.41, 5.74) is -1.72. The number of methoxy groups -OCH3 is 1. The zero-order valence-corrected chi connectivity index (χ0v) is 25.7. The molecule has 4 amide bonds. The predicted octanol–water partition coefficient (Wildman–Crippen LogP) is 3.73. The smallest absolute Gasteiger partial charge is 0.410 e. The maximum atomic E-state index is 13.5. The zero-order valence-electron chi connectivity index (χ0n) is 25.7. The molecule has 1 atom stereocenters. The fourth-order valence-electron chi connectivity index (χ4n) is 6.10. The molecule has 0 aromatic heterocycles. The molecule has 4 N–H and O–H groups in total. The van der Waals surface area contributed by atoms with Crippen LogP contribution in [0.1, 0.15) is 43.0 Å². The normalized spacial score (nSPS) is 18.1. The quantitative estimate of drug-likeness (QED) is 0.255. The summed E-state index contributed by atoms with van der Waals surface area (Å²) in [5, 5.41) is 26.7. The van der Waals surface area contributed by atoms with Crippen LogP contribution in [0, 0.1) is 5.92 Å². The Balaban J connectivity index is 1.59. The average Bonchev–Trinajstić information content (AvgIpc) is 3.07. The maximum absolute atomic E-state index is 13.5. The van der Waals surface area contributed by atoms with Crippen molar-refractivity contribution in [1.29, 1.82) is 0 Å². The van der Waals surface area contributed by atoms with Gasteiger partial charge in [0.05, 0.1) is 18.4 Å². The third kappa shape index (κ3) is 6.63. The number of likely N-dealkylation sites (N-methyl/N-ethyl adjacent to an activating group) is 1. The van der Waals surface area contributed by atoms with E-state index in [2.05, 4.69) is 10.6 Å². The number of carboxylic acid groups (broad SMARTS) is 2. The summed E-state index contributed by atoms with van der Waals surface area (Å²) in [4.78, 5) is 79.1. The topological polar surface area (TPSA) is 183 Å². The van der Waals surface area contributed by atoms with E-state index in [1.165, 1.54) is 43.3 Å². The molecule has 0 unspecified atom stereocenters. The Morgan fingerprint density at radius 2 is 1.57 bits per heavy atom. The number of aromatic carboxylic acids is 1. The molecule has 46 heavy (non-hydrogen) atoms. The standard InChI is InChI=1S/C33H36N4O9/c1-20(27(38)35-25-13-8-10-22-9-4-5-11-23(22)25)36(32(45)46-3)19-21-15-17-33(18-16-21,31(44)34-2)37(28(39)30(42)43)26-14-7-6-12-24(26)29(40)41/h4-14,20-21H,15-19H2,1-3H3,(H,34,44)(H,35,38)(H,40,41)(H,42,43)/t20-,21?,33?/m0/s1. The van der Waals surface area contributed by atoms with E-state index < -0.39 is 47.3 Å². The minimum absolute atomic E-state index is 0.0457. The third-order valence-corrected chi connectivity index (χ3v) is 8.53. The van der Waals surface area contributed by atoms with Gasteiger partial charge in [-0.05, 0) is 62.1 Å². The molecule has 1 saturated carbocycles. The van der Waals surface area contributed by atoms with E-state index >= 15 is 0 Å². The first-order chi connectivity index (χ1) is 21.9. The summed E-state index contributed by atoms with van der Waals surface area (Å²) in [6.45, 7) is 1.64. The number of rotatable bonds is 9. The highest BCUT2D eigenvalue weighted by Crippen LogP contribution is 2.41. The summed E-state index contributed by atoms with van der Waals surface area (Å²) in [5.74, 6) is -6.08. The fourth-order valence-corrected chi connectivity index (χ4v) is 6.10. The maximum Gasteiger partial charge on any atom is 0.410 e. The second-order valence-corrected chi connectivity index (χ2v) is 11.1. The van der Waals surface area contributed by atoms with E-state index in [9.17, 15) is 39.0 Å². The number of hydrogen-bond donors (Lipinski definition) is 4. The molecule has 1 aliphatic carbocycles. The highest BCUT2D eigenvalue weighted by atomic mass is 16.5. The Labute approximate surface area is 265 Å². The average molecular weight is 633 g/mol. The summed E-state index contributed by atoms with van der Waals surface area (Å²) in [6.07, 6.45) is -0.359. The minimum Gasteiger partial charge on any atom is -0.478 e. The van der Waals surface area contributed by atoms with Gasteiger partial charge in [0, 0.05) is 24.7 Å². The number of hydrogen-bond acceptors (Lipinski definition) is 7. The number of nitrogens with zero attached hydrogens (tertiary/aromatic N) is 2. The van der Waals surface area contributed by atoms with Gasteiger partial charge in [-0.2, -0.15) is 0 Å². The summed E-state index contributed by atoms with van der Waals surface area (Å²) in [7, 11) is 2.55. The number of ether oxygens (including phenoxy) is 1. The molecule has 0 bridgehead atoms. The van der Waals surface area contributed by atoms with Crippen LogP contribution in [0.25, 0.3) is 10.8 Å². The summed E-state index contributed by atoms with van der Waals surface area (Å²) in [6, 6.07) is 17.5. The molecule has 1 aliphatic rings. The molecule has 3 aromatic carbocycles. The molecule has 0 heterocycles. The number of benzene rings is 3. The summed E-state index contributed by atoms with van der Waals surface area (Å²) >= 11 is 0. The Bertz CT molecular complexity index is 1660. The van der Waals surface area contributed by atoms with Crippen LogP contribution >= 0.6 is 0 Å². The van der Waals surface area contributed by atoms with Crippen LogP contribution in [0.3, 0.4) is 0 Å². The highest BCUT2D eigenvalue weighted by Gasteiger charge is 2.51. The van der Waals surface area contributed by atoms with Crippen molar-refractivity contribution in [1.82, 2.24) is 10.2 Å². The Morgan fingerprint density at radius 1 is 0.935 bits per heavy atom. The van der Waals surface area contributed by atoms with Crippen molar-refractivity contribution in [3.05, 3.63) is 72.3 Å². The van der Waals surface area contributed by atoms with E-state index in [4.69, 9.17) is 4.74 Å². The van der Waals surface area contributed by atoms with Gasteiger partial charge >= 0.3 is 23.9 Å². The van der Waals surface area contributed by atoms with Crippen LogP contribution in [0.5, 0.6) is 0 Å². The molecule has 3 aromatic rings. The first-order valence-corrected chi connectivity index (χ1v) is 14.7. The second kappa shape index (κ2) is 14.1. The number of carbonyl (C=O) groups excluding carboxylic acids is 4. The second-order valence-electron chi connectivity index (χ2n) is 11.1. The van der Waals surface area contributed by atoms with Crippen LogP contribution in [-0.2, 0) is 23.9 Å². The van der Waals surface area contributed by atoms with Crippen molar-refractivity contribution in [3.8, 4) is 0 Å². The monoisotopic (exact) mass is 632 g/mol. The molecule has 1 fully saturated rings. The number of fused-ring (bicyclic) bond motifs is 1. The molecular weight excluding hydrogens is 596 g/mol. The number of carboxylic acids is 2. The third-order valence-electron chi connectivity index (χ3n) is 8.53. The van der Waals surface area contributed by atoms with E-state index in [1.807, 2.05) is 36.4 Å². The van der Waals surface area contributed by atoms with Crippen LogP contribution < -0.4 is 15.5 Å². The van der Waals surface area contributed by atoms with Gasteiger partial charge in [-0.1, -0.05) is 48.5 Å². The van der Waals surface area contributed by atoms with Gasteiger partial charge in [-0.3, -0.25) is 24.2 Å².